The quantitative estimate of drug-likeness (QED) is 0.920. The highest BCUT2D eigenvalue weighted by Crippen LogP contribution is 2.30. The lowest BCUT2D eigenvalue weighted by Crippen LogP contribution is -2.27. The van der Waals surface area contributed by atoms with Gasteiger partial charge in [0.15, 0.2) is 0 Å². The van der Waals surface area contributed by atoms with E-state index in [1.807, 2.05) is 18.2 Å². The number of ether oxygens (including phenoxy) is 2. The van der Waals surface area contributed by atoms with Crippen LogP contribution in [0.5, 0.6) is 0 Å². The largest absolute Gasteiger partial charge is 0.389 e. The molecule has 3 atom stereocenters. The molecule has 1 fully saturated rings. The third-order valence-electron chi connectivity index (χ3n) is 3.62. The van der Waals surface area contributed by atoms with Crippen LogP contribution in [-0.2, 0) is 9.47 Å². The van der Waals surface area contributed by atoms with Gasteiger partial charge in [0.05, 0.1) is 6.10 Å². The molecule has 1 heterocycles. The second kappa shape index (κ2) is 6.22. The van der Waals surface area contributed by atoms with Crippen molar-refractivity contribution >= 4 is 21.6 Å². The Morgan fingerprint density at radius 1 is 1.26 bits per heavy atom. The van der Waals surface area contributed by atoms with Crippen LogP contribution in [0, 0.1) is 0 Å². The molecule has 1 aliphatic heterocycles. The van der Waals surface area contributed by atoms with Gasteiger partial charge in [0.1, 0.15) is 12.2 Å². The first kappa shape index (κ1) is 14.8. The zero-order chi connectivity index (χ0) is 14.0. The summed E-state index contributed by atoms with van der Waals surface area (Å²) >= 11 is 3.51. The summed E-state index contributed by atoms with van der Waals surface area (Å²) in [6, 6.07) is 6.01. The molecule has 4 nitrogen and oxygen atoms in total. The lowest BCUT2D eigenvalue weighted by Gasteiger charge is -2.19. The molecule has 0 bridgehead atoms. The first-order valence-corrected chi connectivity index (χ1v) is 7.14. The fraction of sp³-hybridized carbons (Fsp3) is 0.571. The molecule has 1 aliphatic rings. The number of hydrogen-bond donors (Lipinski definition) is 1. The maximum Gasteiger partial charge on any atom is 0.102 e. The predicted octanol–water partition coefficient (Wildman–Crippen LogP) is 2.35. The first-order valence-electron chi connectivity index (χ1n) is 6.35. The number of methoxy groups -OCH3 is 2. The number of hydrogen-bond acceptors (Lipinski definition) is 4. The summed E-state index contributed by atoms with van der Waals surface area (Å²) in [6.07, 6.45) is -0.277. The molecule has 106 valence electrons. The van der Waals surface area contributed by atoms with Crippen LogP contribution in [0.4, 0.5) is 5.69 Å². The van der Waals surface area contributed by atoms with Gasteiger partial charge in [-0.2, -0.15) is 0 Å². The molecule has 19 heavy (non-hydrogen) atoms. The first-order chi connectivity index (χ1) is 9.06. The number of aliphatic hydroxyl groups is 1. The number of benzene rings is 1. The van der Waals surface area contributed by atoms with E-state index in [4.69, 9.17) is 9.47 Å². The predicted molar refractivity (Wildman–Crippen MR) is 78.6 cm³/mol. The van der Waals surface area contributed by atoms with E-state index >= 15 is 0 Å². The molecule has 1 N–H and O–H groups in total. The second-order valence-corrected chi connectivity index (χ2v) is 5.69. The maximum absolute atomic E-state index is 9.64. The second-order valence-electron chi connectivity index (χ2n) is 4.84. The number of halogens is 1. The minimum absolute atomic E-state index is 0.0974. The molecule has 1 aromatic rings. The Bertz CT molecular complexity index is 427. The minimum Gasteiger partial charge on any atom is -0.389 e. The van der Waals surface area contributed by atoms with E-state index < -0.39 is 6.10 Å². The van der Waals surface area contributed by atoms with Crippen LogP contribution >= 0.6 is 15.9 Å². The van der Waals surface area contributed by atoms with Crippen LogP contribution in [0.1, 0.15) is 18.6 Å². The van der Waals surface area contributed by atoms with Gasteiger partial charge in [0.2, 0.25) is 0 Å². The van der Waals surface area contributed by atoms with Gasteiger partial charge in [-0.05, 0) is 24.6 Å². The Morgan fingerprint density at radius 3 is 2.26 bits per heavy atom. The van der Waals surface area contributed by atoms with Crippen molar-refractivity contribution in [3.8, 4) is 0 Å². The molecule has 2 rings (SSSR count). The van der Waals surface area contributed by atoms with Crippen molar-refractivity contribution in [2.75, 3.05) is 32.2 Å². The minimum atomic E-state index is -0.472. The van der Waals surface area contributed by atoms with Crippen LogP contribution in [0.2, 0.25) is 0 Å². The molecule has 2 unspecified atom stereocenters. The molecule has 0 saturated carbocycles. The molecular formula is C14H20BrNO3. The smallest absolute Gasteiger partial charge is 0.102 e. The average Bonchev–Trinajstić information content (AvgIpc) is 2.81. The van der Waals surface area contributed by atoms with Crippen LogP contribution < -0.4 is 4.90 Å². The van der Waals surface area contributed by atoms with Gasteiger partial charge in [0, 0.05) is 37.5 Å². The SMILES string of the molecule is COC1CN(c2ccc([C@@H](C)O)c(Br)c2)CC1OC. The van der Waals surface area contributed by atoms with Gasteiger partial charge >= 0.3 is 0 Å². The van der Waals surface area contributed by atoms with E-state index in [1.165, 1.54) is 0 Å². The van der Waals surface area contributed by atoms with E-state index in [-0.39, 0.29) is 12.2 Å². The summed E-state index contributed by atoms with van der Waals surface area (Å²) < 4.78 is 11.8. The molecule has 0 amide bonds. The molecule has 1 aromatic carbocycles. The highest BCUT2D eigenvalue weighted by atomic mass is 79.9. The van der Waals surface area contributed by atoms with E-state index in [0.29, 0.717) is 0 Å². The Morgan fingerprint density at radius 2 is 1.84 bits per heavy atom. The van der Waals surface area contributed by atoms with Gasteiger partial charge in [-0.3, -0.25) is 0 Å². The molecule has 0 aliphatic carbocycles. The van der Waals surface area contributed by atoms with Crippen LogP contribution in [0.15, 0.2) is 22.7 Å². The van der Waals surface area contributed by atoms with E-state index in [1.54, 1.807) is 21.1 Å². The monoisotopic (exact) mass is 329 g/mol. The zero-order valence-corrected chi connectivity index (χ0v) is 13.1. The van der Waals surface area contributed by atoms with Crippen molar-refractivity contribution < 1.29 is 14.6 Å². The number of aliphatic hydroxyl groups excluding tert-OH is 1. The van der Waals surface area contributed by atoms with Gasteiger partial charge in [-0.25, -0.2) is 0 Å². The standard InChI is InChI=1S/C14H20BrNO3/c1-9(17)11-5-4-10(6-12(11)15)16-7-13(18-2)14(8-16)19-3/h4-6,9,13-14,17H,7-8H2,1-3H3/t9-,13?,14?/m1/s1. The molecule has 0 spiro atoms. The molecular weight excluding hydrogens is 310 g/mol. The van der Waals surface area contributed by atoms with Crippen molar-refractivity contribution in [3.05, 3.63) is 28.2 Å². The maximum atomic E-state index is 9.64. The van der Waals surface area contributed by atoms with Gasteiger partial charge in [-0.15, -0.1) is 0 Å². The highest BCUT2D eigenvalue weighted by molar-refractivity contribution is 9.10. The summed E-state index contributed by atoms with van der Waals surface area (Å²) in [5.41, 5.74) is 2.01. The van der Waals surface area contributed by atoms with Gasteiger partial charge in [-0.1, -0.05) is 22.0 Å². The zero-order valence-electron chi connectivity index (χ0n) is 11.5. The number of rotatable bonds is 4. The van der Waals surface area contributed by atoms with Crippen molar-refractivity contribution in [2.24, 2.45) is 0 Å². The number of nitrogens with zero attached hydrogens (tertiary/aromatic N) is 1. The summed E-state index contributed by atoms with van der Waals surface area (Å²) in [5.74, 6) is 0. The average molecular weight is 330 g/mol. The van der Waals surface area contributed by atoms with E-state index in [0.717, 1.165) is 28.8 Å². The van der Waals surface area contributed by atoms with Crippen LogP contribution in [0.25, 0.3) is 0 Å². The topological polar surface area (TPSA) is 41.9 Å². The van der Waals surface area contributed by atoms with Crippen molar-refractivity contribution in [3.63, 3.8) is 0 Å². The van der Waals surface area contributed by atoms with Crippen molar-refractivity contribution in [2.45, 2.75) is 25.2 Å². The summed E-state index contributed by atoms with van der Waals surface area (Å²) in [6.45, 7) is 3.39. The normalized spacial score (nSPS) is 24.8. The van der Waals surface area contributed by atoms with Gasteiger partial charge in [0.25, 0.3) is 0 Å². The molecule has 5 heteroatoms. The fourth-order valence-corrected chi connectivity index (χ4v) is 3.16. The third kappa shape index (κ3) is 3.11. The van der Waals surface area contributed by atoms with Gasteiger partial charge < -0.3 is 19.5 Å². The van der Waals surface area contributed by atoms with Crippen molar-refractivity contribution in [1.29, 1.82) is 0 Å². The Kier molecular flexibility index (Phi) is 4.84. The highest BCUT2D eigenvalue weighted by Gasteiger charge is 2.33. The lowest BCUT2D eigenvalue weighted by atomic mass is 10.1. The summed E-state index contributed by atoms with van der Waals surface area (Å²) in [5, 5.41) is 9.64. The molecule has 0 radical (unpaired) electrons. The molecule has 1 saturated heterocycles. The van der Waals surface area contributed by atoms with Crippen LogP contribution in [0.3, 0.4) is 0 Å². The van der Waals surface area contributed by atoms with E-state index in [2.05, 4.69) is 20.8 Å². The Hall–Kier alpha value is -0.620. The summed E-state index contributed by atoms with van der Waals surface area (Å²) in [4.78, 5) is 2.24. The van der Waals surface area contributed by atoms with E-state index in [9.17, 15) is 5.11 Å². The Labute approximate surface area is 122 Å². The molecule has 0 aromatic heterocycles. The van der Waals surface area contributed by atoms with Crippen molar-refractivity contribution in [1.82, 2.24) is 0 Å². The Balaban J connectivity index is 2.17. The van der Waals surface area contributed by atoms with Crippen LogP contribution in [-0.4, -0.2) is 44.6 Å². The number of anilines is 1. The lowest BCUT2D eigenvalue weighted by molar-refractivity contribution is -0.00461. The summed E-state index contributed by atoms with van der Waals surface area (Å²) in [7, 11) is 3.43. The third-order valence-corrected chi connectivity index (χ3v) is 4.31. The fourth-order valence-electron chi connectivity index (χ4n) is 2.46.